The molecule has 1 amide bonds. The molecule has 0 saturated carbocycles. The van der Waals surface area contributed by atoms with Crippen molar-refractivity contribution in [2.45, 2.75) is 138 Å². The number of terminal acetylenes is 1. The summed E-state index contributed by atoms with van der Waals surface area (Å²) in [6, 6.07) is 28.6. The number of nitrogens with two attached hydrogens (primary N) is 1. The second kappa shape index (κ2) is 33.1. The summed E-state index contributed by atoms with van der Waals surface area (Å²) in [4.78, 5) is 18.0. The van der Waals surface area contributed by atoms with Crippen molar-refractivity contribution < 1.29 is 4.79 Å². The predicted octanol–water partition coefficient (Wildman–Crippen LogP) is 15.5. The summed E-state index contributed by atoms with van der Waals surface area (Å²) < 4.78 is 0. The van der Waals surface area contributed by atoms with Crippen molar-refractivity contribution in [3.8, 4) is 12.8 Å². The fourth-order valence-corrected chi connectivity index (χ4v) is 8.43. The highest BCUT2D eigenvalue weighted by molar-refractivity contribution is 8.13. The number of hydrogen-bond donors (Lipinski definition) is 2. The second-order valence-corrected chi connectivity index (χ2v) is 16.5. The Kier molecular flexibility index (Phi) is 29.5. The quantitative estimate of drug-likeness (QED) is 0.0369. The topological polar surface area (TPSA) is 67.5 Å². The molecule has 0 bridgehead atoms. The molecule has 0 fully saturated rings. The lowest BCUT2D eigenvalue weighted by Gasteiger charge is -2.32. The summed E-state index contributed by atoms with van der Waals surface area (Å²) in [7, 11) is 1.50. The van der Waals surface area contributed by atoms with Crippen LogP contribution in [0.4, 0.5) is 5.69 Å². The van der Waals surface area contributed by atoms with Crippen LogP contribution in [0.5, 0.6) is 0 Å². The van der Waals surface area contributed by atoms with Crippen LogP contribution in [0.25, 0.3) is 5.70 Å². The Morgan fingerprint density at radius 2 is 1.54 bits per heavy atom. The standard InChI is InChI=1S/C51H66N2OS.C2H6.C2H2.CH5N/c1-8-11-12-13-14-15-22-27-49(54)52-47-34-32-44(33-35-47)39(5)40(6)48(45-30-28-42(9-2)29-31-45)36-38(4)37-55-50(10-3)53-51(46-25-20-17-21-26-46)41(7)43-23-18-16-19-24-43;3*1-2/h11,17-18,20-21,23-26,28-35,38-40,48H,1,9-10,12-16,19,22,27,36-37H2,2-7H3,(H,52,54);1-2H3;1-2H;2H2,1H3/b51-41+,53-50?;;;. The van der Waals surface area contributed by atoms with E-state index in [9.17, 15) is 4.79 Å². The van der Waals surface area contributed by atoms with Crippen molar-refractivity contribution in [3.05, 3.63) is 149 Å². The van der Waals surface area contributed by atoms with Gasteiger partial charge in [0, 0.05) is 23.4 Å². The molecule has 4 rings (SSSR count). The molecule has 4 unspecified atom stereocenters. The molecule has 61 heavy (non-hydrogen) atoms. The number of unbranched alkanes of at least 4 members (excludes halogenated alkanes) is 4. The number of benzene rings is 3. The summed E-state index contributed by atoms with van der Waals surface area (Å²) in [5.41, 5.74) is 17.1. The fourth-order valence-electron chi connectivity index (χ4n) is 7.46. The van der Waals surface area contributed by atoms with Crippen LogP contribution in [-0.4, -0.2) is 23.8 Å². The Morgan fingerprint density at radius 1 is 0.902 bits per heavy atom. The lowest BCUT2D eigenvalue weighted by atomic mass is 9.73. The van der Waals surface area contributed by atoms with E-state index in [1.165, 1.54) is 45.5 Å². The van der Waals surface area contributed by atoms with Crippen LogP contribution in [0, 0.1) is 24.7 Å². The van der Waals surface area contributed by atoms with Gasteiger partial charge >= 0.3 is 0 Å². The molecular formula is C56H79N3OS. The second-order valence-electron chi connectivity index (χ2n) is 15.4. The molecule has 4 nitrogen and oxygen atoms in total. The molecule has 0 spiro atoms. The van der Waals surface area contributed by atoms with E-state index in [2.05, 4.69) is 175 Å². The number of amides is 1. The van der Waals surface area contributed by atoms with Crippen LogP contribution >= 0.6 is 11.8 Å². The number of aliphatic imine (C=N–C) groups is 1. The molecule has 1 aliphatic carbocycles. The highest BCUT2D eigenvalue weighted by Gasteiger charge is 2.27. The van der Waals surface area contributed by atoms with E-state index < -0.39 is 0 Å². The maximum atomic E-state index is 12.6. The number of hydrogen-bond acceptors (Lipinski definition) is 4. The molecule has 3 aromatic carbocycles. The number of allylic oxidation sites excluding steroid dienone is 6. The van der Waals surface area contributed by atoms with Gasteiger partial charge in [0.1, 0.15) is 0 Å². The van der Waals surface area contributed by atoms with Crippen LogP contribution < -0.4 is 11.1 Å². The average Bonchev–Trinajstić information content (AvgIpc) is 3.32. The lowest BCUT2D eigenvalue weighted by molar-refractivity contribution is -0.116. The van der Waals surface area contributed by atoms with Gasteiger partial charge in [-0.1, -0.05) is 153 Å². The van der Waals surface area contributed by atoms with E-state index in [1.807, 2.05) is 31.7 Å². The van der Waals surface area contributed by atoms with Crippen LogP contribution in [0.1, 0.15) is 154 Å². The van der Waals surface area contributed by atoms with Crippen molar-refractivity contribution in [2.24, 2.45) is 22.6 Å². The SMILES string of the molecule is C#C.C=C=CCCCCCCC(=O)Nc1ccc(C(C)C(C)C(CC(C)CSC(CC)=N/C(=C(\C)C2=CCCC=C2)c2ccccc2)c2ccc(CC)cc2)cc1.CC.CN. The number of nitrogens with zero attached hydrogens (tertiary/aromatic N) is 1. The predicted molar refractivity (Wildman–Crippen MR) is 273 cm³/mol. The van der Waals surface area contributed by atoms with Gasteiger partial charge < -0.3 is 11.1 Å². The van der Waals surface area contributed by atoms with Gasteiger partial charge in [-0.15, -0.1) is 30.3 Å². The van der Waals surface area contributed by atoms with Crippen LogP contribution in [0.2, 0.25) is 0 Å². The molecule has 5 heteroatoms. The zero-order valence-electron chi connectivity index (χ0n) is 39.3. The number of aryl methyl sites for hydroxylation is 1. The Labute approximate surface area is 377 Å². The molecule has 0 aromatic heterocycles. The summed E-state index contributed by atoms with van der Waals surface area (Å²) in [5.74, 6) is 2.82. The molecule has 3 aromatic rings. The van der Waals surface area contributed by atoms with E-state index in [-0.39, 0.29) is 5.91 Å². The van der Waals surface area contributed by atoms with Gasteiger partial charge in [0.05, 0.1) is 10.7 Å². The Morgan fingerprint density at radius 3 is 2.13 bits per heavy atom. The first-order valence-corrected chi connectivity index (χ1v) is 23.8. The van der Waals surface area contributed by atoms with Gasteiger partial charge in [0.25, 0.3) is 0 Å². The summed E-state index contributed by atoms with van der Waals surface area (Å²) in [5, 5.41) is 4.32. The fraction of sp³-hybridized carbons (Fsp3) is 0.446. The summed E-state index contributed by atoms with van der Waals surface area (Å²) in [6.07, 6.45) is 28.0. The van der Waals surface area contributed by atoms with Gasteiger partial charge in [0.15, 0.2) is 0 Å². The van der Waals surface area contributed by atoms with E-state index >= 15 is 0 Å². The summed E-state index contributed by atoms with van der Waals surface area (Å²) in [6.45, 7) is 21.5. The monoisotopic (exact) mass is 842 g/mol. The maximum absolute atomic E-state index is 12.6. The normalized spacial score (nSPS) is 14.3. The molecule has 3 N–H and O–H groups in total. The lowest BCUT2D eigenvalue weighted by Crippen LogP contribution is -2.20. The van der Waals surface area contributed by atoms with Crippen molar-refractivity contribution in [1.82, 2.24) is 0 Å². The third-order valence-corrected chi connectivity index (χ3v) is 12.6. The zero-order chi connectivity index (χ0) is 45.4. The Balaban J connectivity index is 0.00000296. The van der Waals surface area contributed by atoms with Crippen LogP contribution in [0.15, 0.2) is 132 Å². The molecule has 0 radical (unpaired) electrons. The van der Waals surface area contributed by atoms with Crippen molar-refractivity contribution in [2.75, 3.05) is 18.1 Å². The minimum absolute atomic E-state index is 0.0973. The molecule has 0 heterocycles. The molecule has 330 valence electrons. The van der Waals surface area contributed by atoms with Crippen molar-refractivity contribution >= 4 is 34.1 Å². The highest BCUT2D eigenvalue weighted by Crippen LogP contribution is 2.41. The molecule has 0 saturated heterocycles. The highest BCUT2D eigenvalue weighted by atomic mass is 32.2. The smallest absolute Gasteiger partial charge is 0.224 e. The third-order valence-electron chi connectivity index (χ3n) is 11.2. The zero-order valence-corrected chi connectivity index (χ0v) is 40.1. The van der Waals surface area contributed by atoms with E-state index in [1.54, 1.807) is 0 Å². The first-order valence-electron chi connectivity index (χ1n) is 22.8. The van der Waals surface area contributed by atoms with Gasteiger partial charge in [-0.2, -0.15) is 0 Å². The number of anilines is 1. The van der Waals surface area contributed by atoms with Gasteiger partial charge in [-0.25, -0.2) is 4.99 Å². The Bertz CT molecular complexity index is 1840. The maximum Gasteiger partial charge on any atom is 0.224 e. The molecular weight excluding hydrogens is 763 g/mol. The number of carbonyl (C=O) groups excluding carboxylic acids is 1. The molecule has 0 aliphatic heterocycles. The van der Waals surface area contributed by atoms with Gasteiger partial charge in [-0.3, -0.25) is 4.79 Å². The van der Waals surface area contributed by atoms with Crippen molar-refractivity contribution in [3.63, 3.8) is 0 Å². The average molecular weight is 842 g/mol. The van der Waals surface area contributed by atoms with Crippen LogP contribution in [0.3, 0.4) is 0 Å². The first-order chi connectivity index (χ1) is 29.7. The van der Waals surface area contributed by atoms with E-state index in [4.69, 9.17) is 4.99 Å². The van der Waals surface area contributed by atoms with E-state index in [0.717, 1.165) is 81.3 Å². The number of carbonyl (C=O) groups is 1. The molecule has 1 aliphatic rings. The minimum Gasteiger partial charge on any atom is -0.333 e. The first kappa shape index (κ1) is 54.4. The summed E-state index contributed by atoms with van der Waals surface area (Å²) >= 11 is 1.93. The Hall–Kier alpha value is -4.59. The van der Waals surface area contributed by atoms with E-state index in [0.29, 0.717) is 30.1 Å². The van der Waals surface area contributed by atoms with Crippen LogP contribution in [-0.2, 0) is 11.2 Å². The molecule has 4 atom stereocenters. The third kappa shape index (κ3) is 19.8. The number of rotatable bonds is 21. The van der Waals surface area contributed by atoms with Gasteiger partial charge in [-0.05, 0) is 135 Å². The van der Waals surface area contributed by atoms with Gasteiger partial charge in [0.2, 0.25) is 5.91 Å². The number of nitrogens with one attached hydrogen (secondary N) is 1. The largest absolute Gasteiger partial charge is 0.333 e. The van der Waals surface area contributed by atoms with Crippen molar-refractivity contribution in [1.29, 1.82) is 0 Å². The number of thioether (sulfide) groups is 1. The minimum atomic E-state index is 0.0973.